The van der Waals surface area contributed by atoms with Crippen molar-refractivity contribution >= 4 is 36.6 Å². The molecule has 0 aliphatic carbocycles. The predicted octanol–water partition coefficient (Wildman–Crippen LogP) is 2.82. The molecule has 1 aliphatic heterocycles. The first kappa shape index (κ1) is 25.4. The summed E-state index contributed by atoms with van der Waals surface area (Å²) in [5.41, 5.74) is 2.76. The third-order valence-electron chi connectivity index (χ3n) is 5.93. The van der Waals surface area contributed by atoms with Crippen molar-refractivity contribution < 1.29 is 42.9 Å². The van der Waals surface area contributed by atoms with Crippen LogP contribution < -0.4 is 20.7 Å². The number of imidazole rings is 1. The summed E-state index contributed by atoms with van der Waals surface area (Å²) < 4.78 is 89.0. The van der Waals surface area contributed by atoms with E-state index in [9.17, 15) is 14.5 Å². The Kier molecular flexibility index (Phi) is 7.58. The SMILES string of the molecule is [2H]C([2H])(OP(=O)(N[C@@H](C)C(=O)OC(C)C)Oc1ccccc1)[C@]1([2H])O[C@@H](n2cnc3c(NC)nc(N)nc32)[C@](C)(F)[C@]1([2H])CO. The highest BCUT2D eigenvalue weighted by atomic mass is 31.2. The van der Waals surface area contributed by atoms with Gasteiger partial charge >= 0.3 is 13.7 Å². The summed E-state index contributed by atoms with van der Waals surface area (Å²) in [7, 11) is -3.51. The van der Waals surface area contributed by atoms with Crippen LogP contribution in [0.3, 0.4) is 0 Å². The number of carbonyl (C=O) groups is 1. The summed E-state index contributed by atoms with van der Waals surface area (Å²) in [5.74, 6) is -4.19. The van der Waals surface area contributed by atoms with Gasteiger partial charge in [0.05, 0.1) is 35.8 Å². The fourth-order valence-electron chi connectivity index (χ4n) is 3.99. The van der Waals surface area contributed by atoms with Crippen LogP contribution in [0.25, 0.3) is 11.2 Å². The summed E-state index contributed by atoms with van der Waals surface area (Å²) >= 11 is 0. The molecule has 3 heterocycles. The lowest BCUT2D eigenvalue weighted by Crippen LogP contribution is -2.39. The third kappa shape index (κ3) is 6.60. The summed E-state index contributed by atoms with van der Waals surface area (Å²) in [4.78, 5) is 24.7. The van der Waals surface area contributed by atoms with E-state index in [0.29, 0.717) is 0 Å². The minimum atomic E-state index is -5.03. The Labute approximate surface area is 242 Å². The number of alkyl halides is 1. The number of nitrogen functional groups attached to an aromatic ring is 1. The van der Waals surface area contributed by atoms with Gasteiger partial charge in [-0.1, -0.05) is 18.2 Å². The molecule has 0 radical (unpaired) electrons. The average Bonchev–Trinajstić information content (AvgIpc) is 3.43. The van der Waals surface area contributed by atoms with Crippen molar-refractivity contribution in [1.82, 2.24) is 24.6 Å². The van der Waals surface area contributed by atoms with Gasteiger partial charge in [-0.2, -0.15) is 15.1 Å². The molecular weight excluding hydrogens is 560 g/mol. The number of rotatable bonds is 12. The van der Waals surface area contributed by atoms with Gasteiger partial charge in [-0.15, -0.1) is 0 Å². The lowest BCUT2D eigenvalue weighted by Gasteiger charge is -2.27. The molecule has 5 N–H and O–H groups in total. The number of aliphatic hydroxyl groups is 1. The number of nitrogens with two attached hydrogens (primary N) is 1. The van der Waals surface area contributed by atoms with E-state index in [4.69, 9.17) is 29.7 Å². The minimum Gasteiger partial charge on any atom is -0.462 e. The zero-order valence-corrected chi connectivity index (χ0v) is 23.9. The maximum absolute atomic E-state index is 16.8. The molecule has 0 bridgehead atoms. The maximum atomic E-state index is 16.8. The summed E-state index contributed by atoms with van der Waals surface area (Å²) in [6.45, 7) is 0.101. The molecule has 16 heteroatoms. The lowest BCUT2D eigenvalue weighted by atomic mass is 9.88. The predicted molar refractivity (Wildman–Crippen MR) is 148 cm³/mol. The monoisotopic (exact) mass is 599 g/mol. The number of nitrogens with zero attached hydrogens (tertiary/aromatic N) is 4. The van der Waals surface area contributed by atoms with Gasteiger partial charge in [-0.25, -0.2) is 13.9 Å². The molecule has 0 saturated carbocycles. The molecular formula is C25H35FN7O7P. The second-order valence-corrected chi connectivity index (χ2v) is 11.1. The first-order valence-electron chi connectivity index (χ1n) is 14.5. The van der Waals surface area contributed by atoms with Gasteiger partial charge in [0, 0.05) is 14.3 Å². The first-order chi connectivity index (χ1) is 20.8. The number of hydrogen-bond donors (Lipinski definition) is 4. The highest BCUT2D eigenvalue weighted by Gasteiger charge is 2.56. The van der Waals surface area contributed by atoms with Gasteiger partial charge < -0.3 is 30.2 Å². The standard InChI is InChI=1S/C25H35FN7O7P/c1-14(2)38-22(35)15(3)32-41(36,40-16-9-7-6-8-10-16)37-12-18-17(11-34)25(4,26)23(39-18)33-13-29-19-20(28-5)30-24(27)31-21(19)33/h6-10,13-15,17-18,23,34H,11-12H2,1-5H3,(H,32,36)(H3,27,28,30,31)/t15-,17+,18-,23+,25+,41?/m0/s1/i12D2,17D,18D. The number of esters is 1. The van der Waals surface area contributed by atoms with E-state index in [0.717, 1.165) is 17.8 Å². The topological polar surface area (TPSA) is 185 Å². The lowest BCUT2D eigenvalue weighted by molar-refractivity contribution is -0.149. The van der Waals surface area contributed by atoms with Crippen LogP contribution in [0.15, 0.2) is 36.7 Å². The van der Waals surface area contributed by atoms with Crippen LogP contribution in [-0.2, 0) is 23.4 Å². The van der Waals surface area contributed by atoms with Crippen molar-refractivity contribution in [3.05, 3.63) is 36.7 Å². The number of fused-ring (bicyclic) bond motifs is 1. The van der Waals surface area contributed by atoms with Gasteiger partial charge in [0.25, 0.3) is 0 Å². The molecule has 1 fully saturated rings. The number of halogens is 1. The van der Waals surface area contributed by atoms with Crippen LogP contribution in [0.2, 0.25) is 0 Å². The Morgan fingerprint density at radius 2 is 2.07 bits per heavy atom. The number of aromatic nitrogens is 4. The maximum Gasteiger partial charge on any atom is 0.459 e. The quantitative estimate of drug-likeness (QED) is 0.176. The molecule has 224 valence electrons. The number of ether oxygens (including phenoxy) is 2. The Bertz CT molecular complexity index is 1600. The van der Waals surface area contributed by atoms with E-state index in [2.05, 4.69) is 25.4 Å². The number of para-hydroxylation sites is 1. The van der Waals surface area contributed by atoms with E-state index in [1.165, 1.54) is 38.2 Å². The number of benzene rings is 1. The van der Waals surface area contributed by atoms with Crippen LogP contribution in [-0.4, -0.2) is 74.7 Å². The molecule has 1 unspecified atom stereocenters. The average molecular weight is 600 g/mol. The minimum absolute atomic E-state index is 0.0880. The molecule has 0 amide bonds. The van der Waals surface area contributed by atoms with Crippen molar-refractivity contribution in [2.75, 3.05) is 31.3 Å². The molecule has 1 aliphatic rings. The van der Waals surface area contributed by atoms with E-state index in [1.54, 1.807) is 19.9 Å². The highest BCUT2D eigenvalue weighted by molar-refractivity contribution is 7.52. The van der Waals surface area contributed by atoms with E-state index >= 15 is 4.39 Å². The van der Waals surface area contributed by atoms with Crippen molar-refractivity contribution in [1.29, 1.82) is 0 Å². The molecule has 3 aromatic rings. The Hall–Kier alpha value is -3.36. The molecule has 6 atom stereocenters. The third-order valence-corrected chi connectivity index (χ3v) is 7.41. The van der Waals surface area contributed by atoms with Gasteiger partial charge in [0.1, 0.15) is 11.8 Å². The summed E-state index contributed by atoms with van der Waals surface area (Å²) in [6.07, 6.45) is -4.97. The number of nitrogens with one attached hydrogen (secondary N) is 2. The summed E-state index contributed by atoms with van der Waals surface area (Å²) in [6, 6.07) is 5.98. The number of carbonyl (C=O) groups excluding carboxylic acids is 1. The van der Waals surface area contributed by atoms with Gasteiger partial charge in [0.2, 0.25) is 5.95 Å². The second-order valence-electron chi connectivity index (χ2n) is 9.45. The zero-order valence-electron chi connectivity index (χ0n) is 27.0. The molecule has 1 saturated heterocycles. The zero-order chi connectivity index (χ0) is 33.6. The normalized spacial score (nSPS) is 30.1. The smallest absolute Gasteiger partial charge is 0.459 e. The highest BCUT2D eigenvalue weighted by Crippen LogP contribution is 2.50. The second kappa shape index (κ2) is 12.2. The van der Waals surface area contributed by atoms with Gasteiger partial charge in [-0.05, 0) is 39.8 Å². The molecule has 41 heavy (non-hydrogen) atoms. The summed E-state index contributed by atoms with van der Waals surface area (Å²) in [5, 5.41) is 15.4. The van der Waals surface area contributed by atoms with E-state index in [1.807, 2.05) is 0 Å². The van der Waals surface area contributed by atoms with Crippen molar-refractivity contribution in [2.24, 2.45) is 5.89 Å². The van der Waals surface area contributed by atoms with Crippen LogP contribution in [0.1, 0.15) is 39.4 Å². The largest absolute Gasteiger partial charge is 0.462 e. The Balaban J connectivity index is 1.78. The van der Waals surface area contributed by atoms with E-state index in [-0.39, 0.29) is 28.7 Å². The molecule has 4 rings (SSSR count). The van der Waals surface area contributed by atoms with Crippen LogP contribution in [0, 0.1) is 5.89 Å². The van der Waals surface area contributed by atoms with Crippen LogP contribution in [0.5, 0.6) is 5.75 Å². The first-order valence-corrected chi connectivity index (χ1v) is 14.1. The molecule has 14 nitrogen and oxygen atoms in total. The number of hydrogen-bond acceptors (Lipinski definition) is 12. The Morgan fingerprint density at radius 1 is 1.37 bits per heavy atom. The van der Waals surface area contributed by atoms with Gasteiger partial charge in [0.15, 0.2) is 28.9 Å². The number of anilines is 2. The van der Waals surface area contributed by atoms with Crippen LogP contribution >= 0.6 is 7.75 Å². The van der Waals surface area contributed by atoms with Crippen molar-refractivity contribution in [3.63, 3.8) is 0 Å². The Morgan fingerprint density at radius 3 is 2.71 bits per heavy atom. The van der Waals surface area contributed by atoms with Crippen LogP contribution in [0.4, 0.5) is 16.2 Å². The van der Waals surface area contributed by atoms with Crippen molar-refractivity contribution in [3.8, 4) is 5.75 Å². The molecule has 0 spiro atoms. The fraction of sp³-hybridized carbons (Fsp3) is 0.520. The van der Waals surface area contributed by atoms with Gasteiger partial charge in [-0.3, -0.25) is 13.9 Å². The molecule has 1 aromatic carbocycles. The van der Waals surface area contributed by atoms with E-state index < -0.39 is 62.9 Å². The van der Waals surface area contributed by atoms with Crippen molar-refractivity contribution in [2.45, 2.75) is 57.8 Å². The number of aliphatic hydroxyl groups excluding tert-OH is 1. The fourth-order valence-corrected chi connectivity index (χ4v) is 5.32. The molecule has 2 aromatic heterocycles.